The van der Waals surface area contributed by atoms with Gasteiger partial charge in [-0.05, 0) is 63.8 Å². The summed E-state index contributed by atoms with van der Waals surface area (Å²) in [5, 5.41) is 0. The van der Waals surface area contributed by atoms with Crippen molar-refractivity contribution in [1.29, 1.82) is 0 Å². The van der Waals surface area contributed by atoms with Gasteiger partial charge < -0.3 is 9.31 Å². The standard InChI is InChI=1S/C22H28BIN2O2S/c1-7-17-10-8-9-11-18(17)12-13-26(29-24)20-16(2)14-19(15-25-20)23-27-21(3,4)22(5,6)28-23/h8-15H,7H2,1-6H3/b13-12+. The third-order valence-electron chi connectivity index (χ3n) is 5.71. The SMILES string of the molecule is CCc1ccccc1/C=C/N(SI)c1ncc(B2OC(C)(C)C(C)(C)O2)cc1C. The fourth-order valence-corrected chi connectivity index (χ4v) is 4.54. The summed E-state index contributed by atoms with van der Waals surface area (Å²) in [7, 11) is 1.20. The van der Waals surface area contributed by atoms with Gasteiger partial charge in [-0.2, -0.15) is 0 Å². The van der Waals surface area contributed by atoms with Gasteiger partial charge >= 0.3 is 7.12 Å². The Kier molecular flexibility index (Phi) is 7.03. The second-order valence-electron chi connectivity index (χ2n) is 8.26. The minimum absolute atomic E-state index is 0.357. The van der Waals surface area contributed by atoms with E-state index in [9.17, 15) is 0 Å². The number of anilines is 1. The Bertz CT molecular complexity index is 888. The van der Waals surface area contributed by atoms with Crippen LogP contribution in [0.3, 0.4) is 0 Å². The summed E-state index contributed by atoms with van der Waals surface area (Å²) in [6, 6.07) is 10.6. The van der Waals surface area contributed by atoms with Gasteiger partial charge in [-0.25, -0.2) is 4.98 Å². The van der Waals surface area contributed by atoms with Gasteiger partial charge in [-0.3, -0.25) is 4.31 Å². The second kappa shape index (κ2) is 9.00. The zero-order valence-electron chi connectivity index (χ0n) is 17.9. The van der Waals surface area contributed by atoms with Gasteiger partial charge in [0.1, 0.15) is 5.82 Å². The highest BCUT2D eigenvalue weighted by Crippen LogP contribution is 2.37. The summed E-state index contributed by atoms with van der Waals surface area (Å²) in [5.41, 5.74) is 3.88. The fourth-order valence-electron chi connectivity index (χ4n) is 3.22. The minimum Gasteiger partial charge on any atom is -0.399 e. The predicted octanol–water partition coefficient (Wildman–Crippen LogP) is 5.73. The minimum atomic E-state index is -0.395. The molecule has 3 rings (SSSR count). The Hall–Kier alpha value is -1.03. The van der Waals surface area contributed by atoms with E-state index in [1.807, 2.05) is 6.20 Å². The van der Waals surface area contributed by atoms with E-state index in [-0.39, 0.29) is 11.2 Å². The average Bonchev–Trinajstić information content (AvgIpc) is 2.90. The van der Waals surface area contributed by atoms with Gasteiger partial charge in [0.15, 0.2) is 0 Å². The molecule has 4 nitrogen and oxygen atoms in total. The number of rotatable bonds is 6. The van der Waals surface area contributed by atoms with Crippen LogP contribution in [-0.2, 0) is 15.7 Å². The van der Waals surface area contributed by atoms with Crippen LogP contribution in [0.15, 0.2) is 42.7 Å². The third kappa shape index (κ3) is 4.84. The first-order valence-corrected chi connectivity index (χ1v) is 13.2. The lowest BCUT2D eigenvalue weighted by molar-refractivity contribution is 0.00578. The Morgan fingerprint density at radius 2 is 1.83 bits per heavy atom. The summed E-state index contributed by atoms with van der Waals surface area (Å²) in [5.74, 6) is 0.912. The molecule has 2 heterocycles. The Morgan fingerprint density at radius 1 is 1.17 bits per heavy atom. The lowest BCUT2D eigenvalue weighted by atomic mass is 9.80. The number of benzene rings is 1. The van der Waals surface area contributed by atoms with Crippen molar-refractivity contribution in [3.05, 3.63) is 59.4 Å². The topological polar surface area (TPSA) is 34.6 Å². The summed E-state index contributed by atoms with van der Waals surface area (Å²) in [6.45, 7) is 12.5. The van der Waals surface area contributed by atoms with Crippen molar-refractivity contribution in [2.24, 2.45) is 0 Å². The molecule has 1 aromatic carbocycles. The molecule has 0 N–H and O–H groups in total. The molecule has 1 aliphatic rings. The second-order valence-corrected chi connectivity index (χ2v) is 9.97. The molecule has 0 spiro atoms. The highest BCUT2D eigenvalue weighted by molar-refractivity contribution is 14.2. The van der Waals surface area contributed by atoms with Gasteiger partial charge in [0, 0.05) is 48.2 Å². The van der Waals surface area contributed by atoms with Gasteiger partial charge in [0.05, 0.1) is 11.2 Å². The molecule has 7 heteroatoms. The maximum atomic E-state index is 6.17. The smallest absolute Gasteiger partial charge is 0.399 e. The van der Waals surface area contributed by atoms with Crippen molar-refractivity contribution >= 4 is 54.8 Å². The number of aromatic nitrogens is 1. The van der Waals surface area contributed by atoms with Crippen molar-refractivity contribution in [2.75, 3.05) is 4.31 Å². The molecule has 0 atom stereocenters. The molecule has 0 radical (unpaired) electrons. The van der Waals surface area contributed by atoms with E-state index in [1.165, 1.54) is 11.1 Å². The van der Waals surface area contributed by atoms with Crippen LogP contribution in [0, 0.1) is 6.92 Å². The molecule has 2 aromatic rings. The molecule has 154 valence electrons. The Labute approximate surface area is 191 Å². The van der Waals surface area contributed by atoms with Crippen LogP contribution < -0.4 is 9.77 Å². The van der Waals surface area contributed by atoms with Gasteiger partial charge in [-0.1, -0.05) is 37.3 Å². The van der Waals surface area contributed by atoms with Crippen molar-refractivity contribution in [3.8, 4) is 0 Å². The highest BCUT2D eigenvalue weighted by atomic mass is 127. The van der Waals surface area contributed by atoms with Gasteiger partial charge in [0.2, 0.25) is 0 Å². The highest BCUT2D eigenvalue weighted by Gasteiger charge is 2.51. The van der Waals surface area contributed by atoms with Crippen molar-refractivity contribution in [1.82, 2.24) is 4.98 Å². The quantitative estimate of drug-likeness (QED) is 0.275. The van der Waals surface area contributed by atoms with Crippen LogP contribution in [0.2, 0.25) is 0 Å². The number of nitrogens with zero attached hydrogens (tertiary/aromatic N) is 2. The molecule has 0 aliphatic carbocycles. The molecule has 0 amide bonds. The lowest BCUT2D eigenvalue weighted by Gasteiger charge is -2.32. The number of pyridine rings is 1. The first-order chi connectivity index (χ1) is 13.7. The van der Waals surface area contributed by atoms with E-state index < -0.39 is 7.12 Å². The number of aryl methyl sites for hydroxylation is 2. The molecule has 1 aromatic heterocycles. The van der Waals surface area contributed by atoms with Crippen molar-refractivity contribution in [3.63, 3.8) is 0 Å². The Balaban J connectivity index is 1.83. The summed E-state index contributed by atoms with van der Waals surface area (Å²) < 4.78 is 14.4. The molecule has 0 saturated carbocycles. The van der Waals surface area contributed by atoms with Gasteiger partial charge in [-0.15, -0.1) is 0 Å². The molecule has 29 heavy (non-hydrogen) atoms. The molecule has 1 saturated heterocycles. The van der Waals surface area contributed by atoms with Crippen LogP contribution in [0.25, 0.3) is 6.08 Å². The fraction of sp³-hybridized carbons (Fsp3) is 0.409. The number of hydrogen-bond donors (Lipinski definition) is 0. The van der Waals surface area contributed by atoms with Crippen LogP contribution in [0.4, 0.5) is 5.82 Å². The summed E-state index contributed by atoms with van der Waals surface area (Å²) in [4.78, 5) is 4.73. The van der Waals surface area contributed by atoms with E-state index in [1.54, 1.807) is 9.12 Å². The van der Waals surface area contributed by atoms with Crippen molar-refractivity contribution < 1.29 is 9.31 Å². The average molecular weight is 522 g/mol. The van der Waals surface area contributed by atoms with E-state index in [0.717, 1.165) is 23.3 Å². The number of hydrogen-bond acceptors (Lipinski definition) is 5. The zero-order valence-corrected chi connectivity index (χ0v) is 20.9. The van der Waals surface area contributed by atoms with Crippen LogP contribution in [0.5, 0.6) is 0 Å². The normalized spacial score (nSPS) is 17.8. The molecule has 1 aliphatic heterocycles. The predicted molar refractivity (Wildman–Crippen MR) is 134 cm³/mol. The number of halogens is 1. The monoisotopic (exact) mass is 522 g/mol. The zero-order chi connectivity index (χ0) is 21.2. The summed E-state index contributed by atoms with van der Waals surface area (Å²) in [6.07, 6.45) is 7.10. The molecule has 0 bridgehead atoms. The summed E-state index contributed by atoms with van der Waals surface area (Å²) >= 11 is 2.29. The maximum Gasteiger partial charge on any atom is 0.496 e. The maximum absolute atomic E-state index is 6.17. The van der Waals surface area contributed by atoms with Gasteiger partial charge in [0.25, 0.3) is 0 Å². The Morgan fingerprint density at radius 3 is 2.41 bits per heavy atom. The van der Waals surface area contributed by atoms with Crippen LogP contribution in [-0.4, -0.2) is 23.3 Å². The molecular formula is C22H28BIN2O2S. The van der Waals surface area contributed by atoms with Crippen molar-refractivity contribution in [2.45, 2.75) is 59.2 Å². The first-order valence-electron chi connectivity index (χ1n) is 9.84. The van der Waals surface area contributed by atoms with Crippen LogP contribution >= 0.6 is 30.3 Å². The molecule has 1 fully saturated rings. The lowest BCUT2D eigenvalue weighted by Crippen LogP contribution is -2.41. The van der Waals surface area contributed by atoms with E-state index in [0.29, 0.717) is 0 Å². The van der Waals surface area contributed by atoms with Crippen LogP contribution in [0.1, 0.15) is 51.3 Å². The molecular weight excluding hydrogens is 494 g/mol. The first kappa shape index (κ1) is 22.7. The van der Waals surface area contributed by atoms with E-state index in [2.05, 4.69) is 110 Å². The third-order valence-corrected chi connectivity index (χ3v) is 7.42. The van der Waals surface area contributed by atoms with E-state index >= 15 is 0 Å². The molecule has 0 unspecified atom stereocenters. The largest absolute Gasteiger partial charge is 0.496 e. The van der Waals surface area contributed by atoms with E-state index in [4.69, 9.17) is 14.3 Å².